The number of nitro benzene ring substituents is 2. The molecule has 2 rings (SSSR count). The normalized spacial score (nSPS) is 10.7. The molecule has 0 atom stereocenters. The molecular formula is C22H29N3O4. The van der Waals surface area contributed by atoms with E-state index < -0.39 is 0 Å². The Bertz CT molecular complexity index is 782. The standard InChI is InChI=1S/C22H29N3O4/c1-3-5-7-11-17-19(13-9-15-21(17)24(26)27)23-20-14-10-16-22(25(28)29)18(20)12-8-6-4-2/h9-10,13-16,23H,3-8,11-12H2,1-2H3. The Labute approximate surface area is 171 Å². The van der Waals surface area contributed by atoms with Gasteiger partial charge in [0.1, 0.15) is 0 Å². The Morgan fingerprint density at radius 1 is 0.724 bits per heavy atom. The molecule has 0 saturated heterocycles. The highest BCUT2D eigenvalue weighted by molar-refractivity contribution is 5.72. The van der Waals surface area contributed by atoms with Crippen molar-refractivity contribution in [1.29, 1.82) is 0 Å². The molecule has 0 aliphatic heterocycles. The molecule has 0 aliphatic rings. The van der Waals surface area contributed by atoms with Crippen LogP contribution < -0.4 is 5.32 Å². The minimum Gasteiger partial charge on any atom is -0.355 e. The Hall–Kier alpha value is -2.96. The monoisotopic (exact) mass is 399 g/mol. The molecule has 7 heteroatoms. The van der Waals surface area contributed by atoms with Crippen molar-refractivity contribution in [3.63, 3.8) is 0 Å². The minimum absolute atomic E-state index is 0.0871. The van der Waals surface area contributed by atoms with Gasteiger partial charge in [0.05, 0.1) is 21.0 Å². The van der Waals surface area contributed by atoms with E-state index in [4.69, 9.17) is 0 Å². The third-order valence-corrected chi connectivity index (χ3v) is 5.03. The Kier molecular flexibility index (Phi) is 8.58. The van der Waals surface area contributed by atoms with Gasteiger partial charge in [-0.3, -0.25) is 20.2 Å². The van der Waals surface area contributed by atoms with Gasteiger partial charge in [-0.15, -0.1) is 0 Å². The number of nitro groups is 2. The van der Waals surface area contributed by atoms with Crippen molar-refractivity contribution in [3.8, 4) is 0 Å². The first-order valence-electron chi connectivity index (χ1n) is 10.3. The maximum absolute atomic E-state index is 11.5. The van der Waals surface area contributed by atoms with Crippen LogP contribution in [0.1, 0.15) is 63.5 Å². The molecule has 0 amide bonds. The fraction of sp³-hybridized carbons (Fsp3) is 0.455. The molecule has 0 bridgehead atoms. The van der Waals surface area contributed by atoms with Crippen LogP contribution in [0.15, 0.2) is 36.4 Å². The van der Waals surface area contributed by atoms with Gasteiger partial charge in [0.15, 0.2) is 0 Å². The van der Waals surface area contributed by atoms with Crippen molar-refractivity contribution >= 4 is 22.7 Å². The van der Waals surface area contributed by atoms with E-state index in [1.165, 1.54) is 12.1 Å². The Balaban J connectivity index is 2.44. The van der Waals surface area contributed by atoms with Gasteiger partial charge in [0.2, 0.25) is 0 Å². The van der Waals surface area contributed by atoms with Gasteiger partial charge in [0, 0.05) is 23.5 Å². The minimum atomic E-state index is -0.359. The van der Waals surface area contributed by atoms with Crippen molar-refractivity contribution in [1.82, 2.24) is 0 Å². The maximum atomic E-state index is 11.5. The zero-order valence-corrected chi connectivity index (χ0v) is 17.1. The second-order valence-electron chi connectivity index (χ2n) is 7.16. The van der Waals surface area contributed by atoms with Crippen LogP contribution in [-0.2, 0) is 12.8 Å². The fourth-order valence-electron chi connectivity index (χ4n) is 3.50. The van der Waals surface area contributed by atoms with E-state index in [0.717, 1.165) is 38.5 Å². The molecule has 0 heterocycles. The largest absolute Gasteiger partial charge is 0.355 e. The number of unbranched alkanes of at least 4 members (excludes halogenated alkanes) is 4. The first-order chi connectivity index (χ1) is 14.0. The van der Waals surface area contributed by atoms with Crippen molar-refractivity contribution in [3.05, 3.63) is 67.8 Å². The molecule has 1 N–H and O–H groups in total. The molecule has 2 aromatic carbocycles. The molecule has 0 spiro atoms. The van der Waals surface area contributed by atoms with Gasteiger partial charge in [0.25, 0.3) is 11.4 Å². The zero-order valence-electron chi connectivity index (χ0n) is 17.1. The van der Waals surface area contributed by atoms with E-state index in [-0.39, 0.29) is 21.2 Å². The molecule has 0 fully saturated rings. The van der Waals surface area contributed by atoms with E-state index in [0.29, 0.717) is 35.3 Å². The third-order valence-electron chi connectivity index (χ3n) is 5.03. The summed E-state index contributed by atoms with van der Waals surface area (Å²) in [6, 6.07) is 9.95. The lowest BCUT2D eigenvalue weighted by Gasteiger charge is -2.16. The lowest BCUT2D eigenvalue weighted by atomic mass is 10.0. The highest BCUT2D eigenvalue weighted by atomic mass is 16.6. The number of hydrogen-bond acceptors (Lipinski definition) is 5. The number of nitrogens with one attached hydrogen (secondary N) is 1. The van der Waals surface area contributed by atoms with Crippen molar-refractivity contribution in [2.75, 3.05) is 5.32 Å². The third kappa shape index (κ3) is 6.01. The van der Waals surface area contributed by atoms with Gasteiger partial charge in [-0.1, -0.05) is 51.7 Å². The summed E-state index contributed by atoms with van der Waals surface area (Å²) in [5, 5.41) is 26.3. The van der Waals surface area contributed by atoms with E-state index in [1.807, 2.05) is 12.1 Å². The van der Waals surface area contributed by atoms with Gasteiger partial charge in [-0.2, -0.15) is 0 Å². The van der Waals surface area contributed by atoms with Crippen LogP contribution in [0.4, 0.5) is 22.7 Å². The van der Waals surface area contributed by atoms with E-state index in [2.05, 4.69) is 19.2 Å². The van der Waals surface area contributed by atoms with Crippen molar-refractivity contribution in [2.45, 2.75) is 65.2 Å². The van der Waals surface area contributed by atoms with Crippen LogP contribution in [0.5, 0.6) is 0 Å². The number of hydrogen-bond donors (Lipinski definition) is 1. The Morgan fingerprint density at radius 2 is 1.14 bits per heavy atom. The highest BCUT2D eigenvalue weighted by Crippen LogP contribution is 2.34. The molecule has 0 unspecified atom stereocenters. The SMILES string of the molecule is CCCCCc1c(Nc2cccc([N+](=O)[O-])c2CCCCC)cccc1[N+](=O)[O-]. The summed E-state index contributed by atoms with van der Waals surface area (Å²) in [5.74, 6) is 0. The number of nitrogens with zero attached hydrogens (tertiary/aromatic N) is 2. The molecule has 0 aromatic heterocycles. The van der Waals surface area contributed by atoms with Crippen molar-refractivity contribution < 1.29 is 9.85 Å². The lowest BCUT2D eigenvalue weighted by Crippen LogP contribution is -2.05. The van der Waals surface area contributed by atoms with Crippen LogP contribution in [0.25, 0.3) is 0 Å². The summed E-state index contributed by atoms with van der Waals surface area (Å²) < 4.78 is 0. The summed E-state index contributed by atoms with van der Waals surface area (Å²) in [6.45, 7) is 4.18. The van der Waals surface area contributed by atoms with E-state index in [1.54, 1.807) is 12.1 Å². The molecule has 2 aromatic rings. The quantitative estimate of drug-likeness (QED) is 0.243. The van der Waals surface area contributed by atoms with Gasteiger partial charge < -0.3 is 5.32 Å². The maximum Gasteiger partial charge on any atom is 0.274 e. The Morgan fingerprint density at radius 3 is 1.48 bits per heavy atom. The van der Waals surface area contributed by atoms with Crippen LogP contribution in [0.2, 0.25) is 0 Å². The molecular weight excluding hydrogens is 370 g/mol. The van der Waals surface area contributed by atoms with Gasteiger partial charge in [-0.25, -0.2) is 0 Å². The lowest BCUT2D eigenvalue weighted by molar-refractivity contribution is -0.385. The smallest absolute Gasteiger partial charge is 0.274 e. The average molecular weight is 399 g/mol. The predicted octanol–water partition coefficient (Wildman–Crippen LogP) is 6.71. The van der Waals surface area contributed by atoms with Gasteiger partial charge >= 0.3 is 0 Å². The first kappa shape index (κ1) is 22.3. The zero-order chi connectivity index (χ0) is 21.2. The molecule has 0 aliphatic carbocycles. The summed E-state index contributed by atoms with van der Waals surface area (Å²) in [6.07, 6.45) is 6.92. The highest BCUT2D eigenvalue weighted by Gasteiger charge is 2.21. The molecule has 7 nitrogen and oxygen atoms in total. The van der Waals surface area contributed by atoms with Crippen LogP contribution in [0.3, 0.4) is 0 Å². The fourth-order valence-corrected chi connectivity index (χ4v) is 3.50. The number of anilines is 2. The van der Waals surface area contributed by atoms with Crippen LogP contribution in [0, 0.1) is 20.2 Å². The predicted molar refractivity (Wildman–Crippen MR) is 116 cm³/mol. The molecule has 156 valence electrons. The van der Waals surface area contributed by atoms with Crippen molar-refractivity contribution in [2.24, 2.45) is 0 Å². The second-order valence-corrected chi connectivity index (χ2v) is 7.16. The summed E-state index contributed by atoms with van der Waals surface area (Å²) in [5.41, 5.74) is 2.77. The van der Waals surface area contributed by atoms with E-state index >= 15 is 0 Å². The topological polar surface area (TPSA) is 98.3 Å². The molecule has 29 heavy (non-hydrogen) atoms. The number of rotatable bonds is 12. The summed E-state index contributed by atoms with van der Waals surface area (Å²) in [7, 11) is 0. The first-order valence-corrected chi connectivity index (χ1v) is 10.3. The molecule has 0 saturated carbocycles. The second kappa shape index (κ2) is 11.1. The summed E-state index contributed by atoms with van der Waals surface area (Å²) in [4.78, 5) is 22.3. The summed E-state index contributed by atoms with van der Waals surface area (Å²) >= 11 is 0. The number of benzene rings is 2. The van der Waals surface area contributed by atoms with E-state index in [9.17, 15) is 20.2 Å². The van der Waals surface area contributed by atoms with Crippen LogP contribution in [-0.4, -0.2) is 9.85 Å². The van der Waals surface area contributed by atoms with Gasteiger partial charge in [-0.05, 0) is 37.8 Å². The van der Waals surface area contributed by atoms with Crippen LogP contribution >= 0.6 is 0 Å². The molecule has 0 radical (unpaired) electrons. The average Bonchev–Trinajstić information content (AvgIpc) is 2.69.